The fourth-order valence-electron chi connectivity index (χ4n) is 9.12. The first-order valence-corrected chi connectivity index (χ1v) is 16.4. The number of unbranched alkanes of at least 4 members (excludes halogenated alkanes) is 1. The maximum Gasteiger partial charge on any atom is 0.225 e. The number of nitrogens with one attached hydrogen (secondary N) is 1. The predicted octanol–water partition coefficient (Wildman–Crippen LogP) is 8.37. The summed E-state index contributed by atoms with van der Waals surface area (Å²) in [5.41, 5.74) is -0.680. The van der Waals surface area contributed by atoms with Crippen LogP contribution in [0.1, 0.15) is 139 Å². The normalized spacial score (nSPS) is 39.6. The molecule has 0 saturated heterocycles. The Labute approximate surface area is 250 Å². The summed E-state index contributed by atoms with van der Waals surface area (Å²) in [6.07, 6.45) is 13.3. The van der Waals surface area contributed by atoms with Crippen molar-refractivity contribution in [1.82, 2.24) is 5.32 Å². The fraction of sp³-hybridized carbons (Fsp3) is 0.833. The standard InChI is InChI=1S/C36H58N2O3/c1-10-11-21-38-31(41)33(6)18-17-32(4,5)14-12-15-34(7,20-19-33)36(9)16-13-28-26(3)30(40)27(24-37)23-35(28,8)29(36)22-25(2)39/h23,26,28-29H,10-22H2,1-9H3,(H,38,41)/t26-,28-,29+,33-,34-,35-,36+/m0/s1. The first-order valence-electron chi connectivity index (χ1n) is 16.4. The van der Waals surface area contributed by atoms with Crippen LogP contribution in [-0.2, 0) is 14.4 Å². The number of nitriles is 1. The summed E-state index contributed by atoms with van der Waals surface area (Å²) < 4.78 is 0. The molecule has 1 amide bonds. The van der Waals surface area contributed by atoms with Crippen molar-refractivity contribution in [1.29, 1.82) is 5.26 Å². The second-order valence-corrected chi connectivity index (χ2v) is 16.0. The first-order chi connectivity index (χ1) is 19.0. The second-order valence-electron chi connectivity index (χ2n) is 16.0. The van der Waals surface area contributed by atoms with Gasteiger partial charge in [-0.15, -0.1) is 0 Å². The zero-order valence-electron chi connectivity index (χ0n) is 27.7. The van der Waals surface area contributed by atoms with Gasteiger partial charge in [0.15, 0.2) is 5.78 Å². The summed E-state index contributed by atoms with van der Waals surface area (Å²) in [6, 6.07) is 2.20. The Balaban J connectivity index is 2.09. The van der Waals surface area contributed by atoms with Gasteiger partial charge in [-0.3, -0.25) is 9.59 Å². The molecule has 1 N–H and O–H groups in total. The van der Waals surface area contributed by atoms with Gasteiger partial charge in [-0.25, -0.2) is 0 Å². The highest BCUT2D eigenvalue weighted by atomic mass is 16.2. The molecule has 0 aliphatic heterocycles. The maximum absolute atomic E-state index is 13.7. The molecule has 5 heteroatoms. The summed E-state index contributed by atoms with van der Waals surface area (Å²) in [4.78, 5) is 39.7. The van der Waals surface area contributed by atoms with Crippen molar-refractivity contribution < 1.29 is 14.4 Å². The molecule has 2 saturated carbocycles. The van der Waals surface area contributed by atoms with Gasteiger partial charge in [0.25, 0.3) is 0 Å². The van der Waals surface area contributed by atoms with E-state index in [1.54, 1.807) is 6.92 Å². The minimum Gasteiger partial charge on any atom is -0.356 e. The lowest BCUT2D eigenvalue weighted by Gasteiger charge is -2.63. The van der Waals surface area contributed by atoms with E-state index in [1.807, 2.05) is 13.0 Å². The van der Waals surface area contributed by atoms with Gasteiger partial charge in [-0.1, -0.05) is 74.3 Å². The highest BCUT2D eigenvalue weighted by molar-refractivity contribution is 6.01. The quantitative estimate of drug-likeness (QED) is 0.314. The predicted molar refractivity (Wildman–Crippen MR) is 166 cm³/mol. The van der Waals surface area contributed by atoms with Crippen LogP contribution in [0.4, 0.5) is 0 Å². The van der Waals surface area contributed by atoms with Gasteiger partial charge in [-0.05, 0) is 98.2 Å². The zero-order valence-corrected chi connectivity index (χ0v) is 27.7. The van der Waals surface area contributed by atoms with Gasteiger partial charge in [0.05, 0.1) is 5.57 Å². The number of nitrogens with zero attached hydrogens (tertiary/aromatic N) is 1. The number of fused-ring (bicyclic) bond motifs is 1. The Kier molecular flexibility index (Phi) is 10.1. The number of amides is 1. The molecule has 230 valence electrons. The van der Waals surface area contributed by atoms with Crippen LogP contribution in [-0.4, -0.2) is 24.0 Å². The summed E-state index contributed by atoms with van der Waals surface area (Å²) in [5.74, 6) is 0.247. The number of carbonyl (C=O) groups is 3. The maximum atomic E-state index is 13.7. The Morgan fingerprint density at radius 3 is 2.27 bits per heavy atom. The number of allylic oxidation sites excluding steroid dienone is 2. The highest BCUT2D eigenvalue weighted by Gasteiger charge is 2.62. The number of rotatable bonds is 7. The van der Waals surface area contributed by atoms with E-state index in [4.69, 9.17) is 0 Å². The van der Waals surface area contributed by atoms with Gasteiger partial charge >= 0.3 is 0 Å². The molecule has 0 spiro atoms. The molecule has 3 aliphatic rings. The van der Waals surface area contributed by atoms with Crippen LogP contribution in [0.15, 0.2) is 11.6 Å². The third kappa shape index (κ3) is 6.52. The third-order valence-corrected chi connectivity index (χ3v) is 12.6. The van der Waals surface area contributed by atoms with Gasteiger partial charge in [0, 0.05) is 24.3 Å². The van der Waals surface area contributed by atoms with Crippen LogP contribution in [0.3, 0.4) is 0 Å². The lowest BCUT2D eigenvalue weighted by Crippen LogP contribution is -2.58. The van der Waals surface area contributed by atoms with E-state index in [-0.39, 0.29) is 57.0 Å². The number of Topliss-reactive ketones (excluding diaryl/α,β-unsaturated/α-hetero) is 2. The largest absolute Gasteiger partial charge is 0.356 e. The van der Waals surface area contributed by atoms with Gasteiger partial charge in [0.1, 0.15) is 11.9 Å². The summed E-state index contributed by atoms with van der Waals surface area (Å²) >= 11 is 0. The monoisotopic (exact) mass is 566 g/mol. The summed E-state index contributed by atoms with van der Waals surface area (Å²) in [7, 11) is 0. The Hall–Kier alpha value is -1.96. The topological polar surface area (TPSA) is 87.0 Å². The van der Waals surface area contributed by atoms with Crippen molar-refractivity contribution in [3.05, 3.63) is 11.6 Å². The lowest BCUT2D eigenvalue weighted by molar-refractivity contribution is -0.150. The molecule has 3 aliphatic carbocycles. The Morgan fingerprint density at radius 1 is 1.00 bits per heavy atom. The molecule has 0 radical (unpaired) electrons. The molecule has 2 fully saturated rings. The van der Waals surface area contributed by atoms with Crippen molar-refractivity contribution in [3.63, 3.8) is 0 Å². The van der Waals surface area contributed by atoms with Crippen molar-refractivity contribution in [2.24, 2.45) is 44.8 Å². The van der Waals surface area contributed by atoms with Crippen LogP contribution >= 0.6 is 0 Å². The van der Waals surface area contributed by atoms with E-state index >= 15 is 0 Å². The van der Waals surface area contributed by atoms with E-state index in [0.717, 1.165) is 77.2 Å². The van der Waals surface area contributed by atoms with Crippen LogP contribution in [0.25, 0.3) is 0 Å². The average molecular weight is 567 g/mol. The third-order valence-electron chi connectivity index (χ3n) is 12.6. The highest BCUT2D eigenvalue weighted by Crippen LogP contribution is 2.67. The molecule has 0 unspecified atom stereocenters. The van der Waals surface area contributed by atoms with Gasteiger partial charge in [0.2, 0.25) is 5.91 Å². The Morgan fingerprint density at radius 2 is 1.66 bits per heavy atom. The number of hydrogen-bond acceptors (Lipinski definition) is 4. The molecule has 3 rings (SSSR count). The lowest BCUT2D eigenvalue weighted by atomic mass is 9.40. The van der Waals surface area contributed by atoms with E-state index in [2.05, 4.69) is 59.9 Å². The zero-order chi connectivity index (χ0) is 30.9. The van der Waals surface area contributed by atoms with Crippen molar-refractivity contribution in [2.75, 3.05) is 6.54 Å². The molecule has 7 atom stereocenters. The first kappa shape index (κ1) is 33.5. The van der Waals surface area contributed by atoms with Crippen molar-refractivity contribution >= 4 is 17.5 Å². The van der Waals surface area contributed by atoms with Crippen molar-refractivity contribution in [2.45, 2.75) is 139 Å². The average Bonchev–Trinajstić information content (AvgIpc) is 2.90. The number of ketones is 2. The van der Waals surface area contributed by atoms with E-state index < -0.39 is 10.8 Å². The molecule has 5 nitrogen and oxygen atoms in total. The Bertz CT molecular complexity index is 1080. The molecular formula is C36H58N2O3. The molecule has 0 aromatic heterocycles. The van der Waals surface area contributed by atoms with Crippen molar-refractivity contribution in [3.8, 4) is 6.07 Å². The minimum atomic E-state index is -0.434. The van der Waals surface area contributed by atoms with Crippen LogP contribution in [0.2, 0.25) is 0 Å². The van der Waals surface area contributed by atoms with Crippen LogP contribution in [0.5, 0.6) is 0 Å². The smallest absolute Gasteiger partial charge is 0.225 e. The van der Waals surface area contributed by atoms with Gasteiger partial charge in [-0.2, -0.15) is 5.26 Å². The SMILES string of the molecule is CCCCNC(=O)[C@@]1(C)CCC(C)(C)CCC[C@](C)([C@]2(C)CC[C@H]3[C@H](C)C(=O)C(C#N)=C[C@]3(C)[C@H]2CC(C)=O)CC1. The molecule has 41 heavy (non-hydrogen) atoms. The molecule has 0 aromatic rings. The molecule has 0 heterocycles. The minimum absolute atomic E-state index is 0.0238. The second kappa shape index (κ2) is 12.3. The van der Waals surface area contributed by atoms with E-state index in [1.165, 1.54) is 0 Å². The van der Waals surface area contributed by atoms with Crippen LogP contribution < -0.4 is 5.32 Å². The summed E-state index contributed by atoms with van der Waals surface area (Å²) in [6.45, 7) is 20.5. The summed E-state index contributed by atoms with van der Waals surface area (Å²) in [5, 5.41) is 13.2. The number of hydrogen-bond donors (Lipinski definition) is 1. The van der Waals surface area contributed by atoms with E-state index in [9.17, 15) is 19.6 Å². The molecular weight excluding hydrogens is 508 g/mol. The van der Waals surface area contributed by atoms with Crippen LogP contribution in [0, 0.1) is 56.2 Å². The molecule has 0 aromatic carbocycles. The fourth-order valence-corrected chi connectivity index (χ4v) is 9.12. The van der Waals surface area contributed by atoms with E-state index in [0.29, 0.717) is 6.42 Å². The number of carbonyl (C=O) groups excluding carboxylic acids is 3. The van der Waals surface area contributed by atoms with Gasteiger partial charge < -0.3 is 10.1 Å². The molecule has 0 bridgehead atoms.